The van der Waals surface area contributed by atoms with Crippen LogP contribution in [0.1, 0.15) is 49.9 Å². The van der Waals surface area contributed by atoms with E-state index in [4.69, 9.17) is 0 Å². The van der Waals surface area contributed by atoms with Gasteiger partial charge in [0, 0.05) is 25.5 Å². The molecule has 1 aromatic heterocycles. The number of hydrogen-bond acceptors (Lipinski definition) is 4. The monoisotopic (exact) mass is 529 g/mol. The van der Waals surface area contributed by atoms with Crippen LogP contribution >= 0.6 is 0 Å². The smallest absolute Gasteiger partial charge is 0.350 e. The van der Waals surface area contributed by atoms with E-state index in [1.807, 2.05) is 13.8 Å². The lowest BCUT2D eigenvalue weighted by molar-refractivity contribution is -0.139. The Balaban J connectivity index is 1.69. The minimum atomic E-state index is -4.68. The fraction of sp³-hybridized carbons (Fsp3) is 0.407. The number of halogens is 3. The SMILES string of the molecule is CCN1C(=O)N[C@H](c2ccccc2C(F)(F)F)C2=C1CN([C@@H](CC(C)C)C(=O)NCc1ccncc1)C2=O. The van der Waals surface area contributed by atoms with Crippen molar-refractivity contribution in [3.8, 4) is 0 Å². The van der Waals surface area contributed by atoms with Crippen molar-refractivity contribution in [1.29, 1.82) is 0 Å². The van der Waals surface area contributed by atoms with E-state index in [2.05, 4.69) is 15.6 Å². The first-order valence-corrected chi connectivity index (χ1v) is 12.5. The molecule has 2 atom stereocenters. The second kappa shape index (κ2) is 10.8. The van der Waals surface area contributed by atoms with Gasteiger partial charge in [-0.1, -0.05) is 32.0 Å². The first-order valence-electron chi connectivity index (χ1n) is 12.5. The average molecular weight is 530 g/mol. The molecule has 3 heterocycles. The predicted molar refractivity (Wildman–Crippen MR) is 133 cm³/mol. The Bertz CT molecular complexity index is 1250. The van der Waals surface area contributed by atoms with E-state index >= 15 is 0 Å². The van der Waals surface area contributed by atoms with E-state index in [1.165, 1.54) is 28.0 Å². The number of amides is 4. The minimum absolute atomic E-state index is 0.0425. The summed E-state index contributed by atoms with van der Waals surface area (Å²) in [6.45, 7) is 5.94. The molecule has 0 unspecified atom stereocenters. The Hall–Kier alpha value is -3.89. The molecule has 0 aliphatic carbocycles. The zero-order chi connectivity index (χ0) is 27.6. The normalized spacial score (nSPS) is 18.6. The van der Waals surface area contributed by atoms with Crippen LogP contribution in [0.4, 0.5) is 18.0 Å². The quantitative estimate of drug-likeness (QED) is 0.540. The number of nitrogens with one attached hydrogen (secondary N) is 2. The first-order chi connectivity index (χ1) is 18.0. The molecule has 0 fully saturated rings. The zero-order valence-corrected chi connectivity index (χ0v) is 21.4. The molecule has 0 bridgehead atoms. The Morgan fingerprint density at radius 3 is 2.47 bits per heavy atom. The van der Waals surface area contributed by atoms with E-state index in [0.29, 0.717) is 12.1 Å². The van der Waals surface area contributed by atoms with Crippen LogP contribution in [0.5, 0.6) is 0 Å². The van der Waals surface area contributed by atoms with Crippen molar-refractivity contribution in [3.63, 3.8) is 0 Å². The molecule has 0 radical (unpaired) electrons. The number of likely N-dealkylation sites (N-methyl/N-ethyl adjacent to an activating group) is 1. The van der Waals surface area contributed by atoms with Gasteiger partial charge in [-0.3, -0.25) is 19.5 Å². The zero-order valence-electron chi connectivity index (χ0n) is 21.4. The number of benzene rings is 1. The van der Waals surface area contributed by atoms with Crippen LogP contribution in [0, 0.1) is 5.92 Å². The fourth-order valence-corrected chi connectivity index (χ4v) is 4.97. The van der Waals surface area contributed by atoms with Crippen molar-refractivity contribution < 1.29 is 27.6 Å². The molecule has 11 heteroatoms. The number of carbonyl (C=O) groups excluding carboxylic acids is 3. The van der Waals surface area contributed by atoms with Crippen LogP contribution in [0.2, 0.25) is 0 Å². The van der Waals surface area contributed by atoms with Gasteiger partial charge in [0.25, 0.3) is 5.91 Å². The maximum absolute atomic E-state index is 13.9. The Morgan fingerprint density at radius 1 is 1.16 bits per heavy atom. The summed E-state index contributed by atoms with van der Waals surface area (Å²) in [6.07, 6.45) is -1.13. The van der Waals surface area contributed by atoms with Gasteiger partial charge in [-0.2, -0.15) is 13.2 Å². The molecule has 0 spiro atoms. The number of aromatic nitrogens is 1. The third-order valence-corrected chi connectivity index (χ3v) is 6.73. The number of nitrogens with zero attached hydrogens (tertiary/aromatic N) is 3. The molecule has 8 nitrogen and oxygen atoms in total. The highest BCUT2D eigenvalue weighted by Crippen LogP contribution is 2.42. The second-order valence-corrected chi connectivity index (χ2v) is 9.72. The van der Waals surface area contributed by atoms with Gasteiger partial charge >= 0.3 is 12.2 Å². The minimum Gasteiger partial charge on any atom is -0.350 e. The summed E-state index contributed by atoms with van der Waals surface area (Å²) in [4.78, 5) is 46.9. The maximum atomic E-state index is 13.9. The van der Waals surface area contributed by atoms with Gasteiger partial charge in [-0.25, -0.2) is 4.79 Å². The molecule has 2 aromatic rings. The summed E-state index contributed by atoms with van der Waals surface area (Å²) < 4.78 is 41.6. The van der Waals surface area contributed by atoms with Gasteiger partial charge in [-0.05, 0) is 48.6 Å². The Morgan fingerprint density at radius 2 is 1.84 bits per heavy atom. The summed E-state index contributed by atoms with van der Waals surface area (Å²) in [7, 11) is 0. The highest BCUT2D eigenvalue weighted by atomic mass is 19.4. The number of urea groups is 1. The third-order valence-electron chi connectivity index (χ3n) is 6.73. The van der Waals surface area contributed by atoms with Gasteiger partial charge < -0.3 is 15.5 Å². The lowest BCUT2D eigenvalue weighted by Gasteiger charge is -2.33. The van der Waals surface area contributed by atoms with Gasteiger partial charge in [0.05, 0.1) is 29.4 Å². The molecule has 1 aromatic carbocycles. The highest BCUT2D eigenvalue weighted by molar-refractivity contribution is 6.03. The first kappa shape index (κ1) is 27.2. The topological polar surface area (TPSA) is 94.6 Å². The van der Waals surface area contributed by atoms with Crippen LogP contribution in [0.3, 0.4) is 0 Å². The average Bonchev–Trinajstić information content (AvgIpc) is 3.22. The summed E-state index contributed by atoms with van der Waals surface area (Å²) >= 11 is 0. The van der Waals surface area contributed by atoms with Crippen molar-refractivity contribution in [2.75, 3.05) is 13.1 Å². The number of rotatable bonds is 8. The molecule has 4 amide bonds. The largest absolute Gasteiger partial charge is 0.416 e. The van der Waals surface area contributed by atoms with E-state index < -0.39 is 35.8 Å². The molecule has 2 aliphatic rings. The summed E-state index contributed by atoms with van der Waals surface area (Å²) in [5.41, 5.74) is 0.0619. The lowest BCUT2D eigenvalue weighted by Crippen LogP contribution is -2.49. The van der Waals surface area contributed by atoms with Crippen molar-refractivity contribution in [2.45, 2.75) is 52.0 Å². The lowest BCUT2D eigenvalue weighted by atomic mass is 9.91. The van der Waals surface area contributed by atoms with Crippen LogP contribution in [0.25, 0.3) is 0 Å². The van der Waals surface area contributed by atoms with E-state index in [-0.39, 0.29) is 42.6 Å². The number of alkyl halides is 3. The highest BCUT2D eigenvalue weighted by Gasteiger charge is 2.48. The number of carbonyl (C=O) groups is 3. The summed E-state index contributed by atoms with van der Waals surface area (Å²) in [6, 6.07) is 5.66. The summed E-state index contributed by atoms with van der Waals surface area (Å²) in [5, 5.41) is 5.46. The van der Waals surface area contributed by atoms with Crippen LogP contribution < -0.4 is 10.6 Å². The fourth-order valence-electron chi connectivity index (χ4n) is 4.97. The molecule has 2 N–H and O–H groups in total. The van der Waals surface area contributed by atoms with Crippen LogP contribution in [-0.2, 0) is 22.3 Å². The number of pyridine rings is 1. The van der Waals surface area contributed by atoms with Crippen molar-refractivity contribution in [1.82, 2.24) is 25.4 Å². The standard InChI is InChI=1S/C27H30F3N5O3/c1-4-34-21-15-35(20(13-16(2)3)24(36)32-14-17-9-11-31-12-10-17)25(37)22(21)23(33-26(34)38)18-7-5-6-8-19(18)27(28,29)30/h5-12,16,20,23H,4,13-15H2,1-3H3,(H,32,36)(H,33,38)/t20-,23+/m0/s1. The Kier molecular flexibility index (Phi) is 7.75. The molecule has 202 valence electrons. The molecule has 4 rings (SSSR count). The summed E-state index contributed by atoms with van der Waals surface area (Å²) in [5.74, 6) is -0.899. The van der Waals surface area contributed by atoms with Gasteiger partial charge in [0.1, 0.15) is 6.04 Å². The van der Waals surface area contributed by atoms with Crippen LogP contribution in [-0.4, -0.2) is 51.8 Å². The maximum Gasteiger partial charge on any atom is 0.416 e. The molecule has 2 aliphatic heterocycles. The van der Waals surface area contributed by atoms with E-state index in [9.17, 15) is 27.6 Å². The van der Waals surface area contributed by atoms with E-state index in [1.54, 1.807) is 31.5 Å². The molecule has 0 saturated heterocycles. The van der Waals surface area contributed by atoms with Crippen molar-refractivity contribution in [3.05, 3.63) is 76.8 Å². The van der Waals surface area contributed by atoms with Gasteiger partial charge in [-0.15, -0.1) is 0 Å². The van der Waals surface area contributed by atoms with Gasteiger partial charge in [0.2, 0.25) is 5.91 Å². The number of hydrogen-bond donors (Lipinski definition) is 2. The molecule has 0 saturated carbocycles. The van der Waals surface area contributed by atoms with Crippen molar-refractivity contribution in [2.24, 2.45) is 5.92 Å². The Labute approximate surface area is 218 Å². The van der Waals surface area contributed by atoms with Crippen LogP contribution in [0.15, 0.2) is 60.1 Å². The second-order valence-electron chi connectivity index (χ2n) is 9.72. The van der Waals surface area contributed by atoms with E-state index in [0.717, 1.165) is 11.6 Å². The molecular weight excluding hydrogens is 499 g/mol. The molecular formula is C27H30F3N5O3. The predicted octanol–water partition coefficient (Wildman–Crippen LogP) is 4.01. The van der Waals surface area contributed by atoms with Gasteiger partial charge in [0.15, 0.2) is 0 Å². The molecule has 38 heavy (non-hydrogen) atoms. The van der Waals surface area contributed by atoms with Crippen molar-refractivity contribution >= 4 is 17.8 Å². The third kappa shape index (κ3) is 5.36.